The summed E-state index contributed by atoms with van der Waals surface area (Å²) in [6, 6.07) is 21.7. The van der Waals surface area contributed by atoms with Crippen molar-refractivity contribution in [2.24, 2.45) is 0 Å². The highest BCUT2D eigenvalue weighted by Gasteiger charge is 2.28. The van der Waals surface area contributed by atoms with E-state index in [0.29, 0.717) is 11.5 Å². The molecule has 0 radical (unpaired) electrons. The Bertz CT molecular complexity index is 978. The maximum absolute atomic E-state index is 6.49. The van der Waals surface area contributed by atoms with Crippen LogP contribution in [-0.4, -0.2) is 60.3 Å². The number of aromatic nitrogens is 2. The maximum Gasteiger partial charge on any atom is 0.157 e. The molecule has 1 aromatic heterocycles. The first-order valence-corrected chi connectivity index (χ1v) is 11.8. The van der Waals surface area contributed by atoms with Crippen molar-refractivity contribution in [1.82, 2.24) is 14.9 Å². The van der Waals surface area contributed by atoms with Crippen molar-refractivity contribution in [2.45, 2.75) is 25.0 Å². The molecule has 1 unspecified atom stereocenters. The van der Waals surface area contributed by atoms with Gasteiger partial charge in [0.05, 0.1) is 12.1 Å². The summed E-state index contributed by atoms with van der Waals surface area (Å²) in [5, 5.41) is 3.37. The van der Waals surface area contributed by atoms with Crippen LogP contribution in [0.2, 0.25) is 0 Å². The van der Waals surface area contributed by atoms with Crippen LogP contribution in [0.1, 0.15) is 30.0 Å². The Labute approximate surface area is 195 Å². The second-order valence-electron chi connectivity index (χ2n) is 8.72. The molecule has 33 heavy (non-hydrogen) atoms. The lowest BCUT2D eigenvalue weighted by Gasteiger charge is -2.40. The molecule has 0 bridgehead atoms. The average Bonchev–Trinajstić information content (AvgIpc) is 3.39. The van der Waals surface area contributed by atoms with E-state index in [1.54, 1.807) is 6.33 Å². The van der Waals surface area contributed by atoms with Crippen LogP contribution in [0.5, 0.6) is 0 Å². The van der Waals surface area contributed by atoms with Crippen molar-refractivity contribution in [3.63, 3.8) is 0 Å². The van der Waals surface area contributed by atoms with Crippen LogP contribution in [0, 0.1) is 0 Å². The number of hydrogen-bond donors (Lipinski definition) is 2. The Morgan fingerprint density at radius 3 is 2.21 bits per heavy atom. The van der Waals surface area contributed by atoms with Crippen LogP contribution in [0.4, 0.5) is 17.3 Å². The molecule has 3 N–H and O–H groups in total. The van der Waals surface area contributed by atoms with Gasteiger partial charge in [0, 0.05) is 39.3 Å². The Kier molecular flexibility index (Phi) is 6.69. The standard InChI is InChI=1S/C26H32N6O/c27-23-25(28-18-22-12-7-17-33-22)29-19-30-26(23)32-15-13-31(14-16-32)24(20-8-3-1-4-9-20)21-10-5-2-6-11-21/h1-6,8-11,19,22,24H,7,12-18,27H2,(H,28,29,30). The predicted octanol–water partition coefficient (Wildman–Crippen LogP) is 3.56. The number of piperazine rings is 1. The lowest BCUT2D eigenvalue weighted by atomic mass is 9.96. The van der Waals surface area contributed by atoms with Crippen molar-refractivity contribution in [3.05, 3.63) is 78.1 Å². The molecule has 2 aromatic carbocycles. The van der Waals surface area contributed by atoms with Gasteiger partial charge in [0.1, 0.15) is 12.0 Å². The van der Waals surface area contributed by atoms with Gasteiger partial charge in [-0.25, -0.2) is 9.97 Å². The molecule has 5 rings (SSSR count). The number of hydrogen-bond acceptors (Lipinski definition) is 7. The summed E-state index contributed by atoms with van der Waals surface area (Å²) in [6.07, 6.45) is 4.04. The Morgan fingerprint density at radius 1 is 0.939 bits per heavy atom. The largest absolute Gasteiger partial charge is 0.393 e. The fourth-order valence-electron chi connectivity index (χ4n) is 4.87. The van der Waals surface area contributed by atoms with Gasteiger partial charge in [-0.2, -0.15) is 0 Å². The van der Waals surface area contributed by atoms with Crippen LogP contribution < -0.4 is 16.0 Å². The zero-order chi connectivity index (χ0) is 22.5. The third-order valence-corrected chi connectivity index (χ3v) is 6.59. The number of nitrogens with one attached hydrogen (secondary N) is 1. The van der Waals surface area contributed by atoms with Crippen molar-refractivity contribution in [1.29, 1.82) is 0 Å². The van der Waals surface area contributed by atoms with Gasteiger partial charge in [0.2, 0.25) is 0 Å². The molecule has 172 valence electrons. The van der Waals surface area contributed by atoms with E-state index in [1.165, 1.54) is 11.1 Å². The maximum atomic E-state index is 6.49. The second kappa shape index (κ2) is 10.2. The van der Waals surface area contributed by atoms with Gasteiger partial charge in [-0.1, -0.05) is 60.7 Å². The van der Waals surface area contributed by atoms with Crippen molar-refractivity contribution in [3.8, 4) is 0 Å². The number of nitrogen functional groups attached to an aromatic ring is 1. The highest BCUT2D eigenvalue weighted by Crippen LogP contribution is 2.32. The van der Waals surface area contributed by atoms with Crippen LogP contribution in [-0.2, 0) is 4.74 Å². The zero-order valence-electron chi connectivity index (χ0n) is 18.9. The summed E-state index contributed by atoms with van der Waals surface area (Å²) in [6.45, 7) is 5.15. The van der Waals surface area contributed by atoms with Gasteiger partial charge in [-0.3, -0.25) is 4.90 Å². The summed E-state index contributed by atoms with van der Waals surface area (Å²) in [7, 11) is 0. The van der Waals surface area contributed by atoms with Crippen LogP contribution >= 0.6 is 0 Å². The SMILES string of the molecule is Nc1c(NCC2CCCO2)ncnc1N1CCN(C(c2ccccc2)c2ccccc2)CC1. The summed E-state index contributed by atoms with van der Waals surface area (Å²) in [5.41, 5.74) is 9.75. The molecule has 0 spiro atoms. The van der Waals surface area contributed by atoms with Gasteiger partial charge in [-0.05, 0) is 24.0 Å². The minimum Gasteiger partial charge on any atom is -0.393 e. The number of rotatable bonds is 7. The van der Waals surface area contributed by atoms with Gasteiger partial charge >= 0.3 is 0 Å². The minimum atomic E-state index is 0.235. The third kappa shape index (κ3) is 4.94. The average molecular weight is 445 g/mol. The molecule has 2 fully saturated rings. The van der Waals surface area contributed by atoms with E-state index in [4.69, 9.17) is 10.5 Å². The highest BCUT2D eigenvalue weighted by atomic mass is 16.5. The lowest BCUT2D eigenvalue weighted by Crippen LogP contribution is -2.48. The first-order valence-electron chi connectivity index (χ1n) is 11.8. The zero-order valence-corrected chi connectivity index (χ0v) is 18.9. The fraction of sp³-hybridized carbons (Fsp3) is 0.385. The fourth-order valence-corrected chi connectivity index (χ4v) is 4.87. The normalized spacial score (nSPS) is 19.2. The van der Waals surface area contributed by atoms with Crippen LogP contribution in [0.15, 0.2) is 67.0 Å². The van der Waals surface area contributed by atoms with Gasteiger partial charge in [-0.15, -0.1) is 0 Å². The van der Waals surface area contributed by atoms with Crippen molar-refractivity contribution in [2.75, 3.05) is 55.3 Å². The van der Waals surface area contributed by atoms with Crippen molar-refractivity contribution < 1.29 is 4.74 Å². The second-order valence-corrected chi connectivity index (χ2v) is 8.72. The molecule has 2 saturated heterocycles. The van der Waals surface area contributed by atoms with E-state index in [9.17, 15) is 0 Å². The van der Waals surface area contributed by atoms with Crippen LogP contribution in [0.25, 0.3) is 0 Å². The molecule has 2 aliphatic heterocycles. The van der Waals surface area contributed by atoms with E-state index in [0.717, 1.165) is 58.0 Å². The van der Waals surface area contributed by atoms with Crippen molar-refractivity contribution >= 4 is 17.3 Å². The van der Waals surface area contributed by atoms with E-state index in [2.05, 4.69) is 85.7 Å². The first kappa shape index (κ1) is 21.7. The molecule has 0 amide bonds. The number of anilines is 3. The Morgan fingerprint density at radius 2 is 1.61 bits per heavy atom. The number of benzene rings is 2. The van der Waals surface area contributed by atoms with E-state index in [-0.39, 0.29) is 12.1 Å². The Hall–Kier alpha value is -3.16. The first-order chi connectivity index (χ1) is 16.3. The molecular weight excluding hydrogens is 412 g/mol. The smallest absolute Gasteiger partial charge is 0.157 e. The van der Waals surface area contributed by atoms with Gasteiger partial charge in [0.15, 0.2) is 11.6 Å². The number of nitrogens with two attached hydrogens (primary N) is 1. The summed E-state index contributed by atoms with van der Waals surface area (Å²) >= 11 is 0. The molecular formula is C26H32N6O. The summed E-state index contributed by atoms with van der Waals surface area (Å²) < 4.78 is 5.71. The number of ether oxygens (including phenoxy) is 1. The molecule has 7 heteroatoms. The molecule has 0 aliphatic carbocycles. The van der Waals surface area contributed by atoms with E-state index < -0.39 is 0 Å². The molecule has 7 nitrogen and oxygen atoms in total. The minimum absolute atomic E-state index is 0.235. The molecule has 3 aromatic rings. The van der Waals surface area contributed by atoms with E-state index in [1.807, 2.05) is 0 Å². The number of nitrogens with zero attached hydrogens (tertiary/aromatic N) is 4. The topological polar surface area (TPSA) is 79.5 Å². The van der Waals surface area contributed by atoms with Gasteiger partial charge < -0.3 is 20.7 Å². The van der Waals surface area contributed by atoms with Gasteiger partial charge in [0.25, 0.3) is 0 Å². The predicted molar refractivity (Wildman–Crippen MR) is 132 cm³/mol. The van der Waals surface area contributed by atoms with E-state index >= 15 is 0 Å². The molecule has 2 aliphatic rings. The molecule has 0 saturated carbocycles. The van der Waals surface area contributed by atoms with Crippen LogP contribution in [0.3, 0.4) is 0 Å². The summed E-state index contributed by atoms with van der Waals surface area (Å²) in [4.78, 5) is 13.7. The third-order valence-electron chi connectivity index (χ3n) is 6.59. The highest BCUT2D eigenvalue weighted by molar-refractivity contribution is 5.75. The monoisotopic (exact) mass is 444 g/mol. The lowest BCUT2D eigenvalue weighted by molar-refractivity contribution is 0.120. The summed E-state index contributed by atoms with van der Waals surface area (Å²) in [5.74, 6) is 1.51. The Balaban J connectivity index is 1.28. The quantitative estimate of drug-likeness (QED) is 0.577. The molecule has 3 heterocycles. The molecule has 1 atom stereocenters.